The summed E-state index contributed by atoms with van der Waals surface area (Å²) in [5, 5.41) is 15.4. The molecule has 0 aliphatic heterocycles. The van der Waals surface area contributed by atoms with Crippen LogP contribution in [0.15, 0.2) is 60.2 Å². The average Bonchev–Trinajstić information content (AvgIpc) is 2.85. The number of hydrogen-bond acceptors (Lipinski definition) is 5. The van der Waals surface area contributed by atoms with Gasteiger partial charge in [-0.05, 0) is 103 Å². The number of halogens is 2. The molecule has 7 nitrogen and oxygen atoms in total. The van der Waals surface area contributed by atoms with Crippen molar-refractivity contribution in [1.82, 2.24) is 0 Å². The van der Waals surface area contributed by atoms with Crippen LogP contribution in [0.5, 0.6) is 11.5 Å². The maximum atomic E-state index is 12.7. The lowest BCUT2D eigenvalue weighted by molar-refractivity contribution is -0.118. The molecule has 3 aromatic rings. The van der Waals surface area contributed by atoms with Crippen LogP contribution >= 0.6 is 34.2 Å². The number of aryl methyl sites for hydroxylation is 2. The number of nitriles is 1. The number of nitrogens with one attached hydrogen (secondary N) is 2. The summed E-state index contributed by atoms with van der Waals surface area (Å²) in [4.78, 5) is 25.2. The highest BCUT2D eigenvalue weighted by atomic mass is 127. The van der Waals surface area contributed by atoms with Crippen LogP contribution in [0.2, 0.25) is 5.02 Å². The Morgan fingerprint density at radius 2 is 1.81 bits per heavy atom. The molecule has 190 valence electrons. The summed E-state index contributed by atoms with van der Waals surface area (Å²) in [6.07, 6.45) is 1.45. The molecule has 0 saturated heterocycles. The molecule has 0 spiro atoms. The first-order valence-corrected chi connectivity index (χ1v) is 12.8. The third-order valence-electron chi connectivity index (χ3n) is 5.27. The molecule has 0 atom stereocenters. The monoisotopic (exact) mass is 629 g/mol. The Hall–Kier alpha value is -3.55. The number of carbonyl (C=O) groups excluding carboxylic acids is 2. The third kappa shape index (κ3) is 7.71. The molecule has 0 aliphatic carbocycles. The summed E-state index contributed by atoms with van der Waals surface area (Å²) in [6, 6.07) is 17.8. The van der Waals surface area contributed by atoms with Gasteiger partial charge in [0.05, 0.1) is 20.9 Å². The molecular formula is C28H25ClIN3O4. The summed E-state index contributed by atoms with van der Waals surface area (Å²) in [7, 11) is 0. The Balaban J connectivity index is 1.77. The largest absolute Gasteiger partial charge is 0.490 e. The molecule has 37 heavy (non-hydrogen) atoms. The molecule has 3 aromatic carbocycles. The van der Waals surface area contributed by atoms with Crippen LogP contribution in [0.25, 0.3) is 6.08 Å². The lowest BCUT2D eigenvalue weighted by atomic mass is 10.1. The van der Waals surface area contributed by atoms with E-state index in [4.69, 9.17) is 21.1 Å². The lowest BCUT2D eigenvalue weighted by Crippen LogP contribution is -2.20. The Morgan fingerprint density at radius 1 is 1.05 bits per heavy atom. The molecule has 0 aromatic heterocycles. The molecule has 3 rings (SSSR count). The summed E-state index contributed by atoms with van der Waals surface area (Å²) in [6.45, 7) is 5.94. The van der Waals surface area contributed by atoms with Crippen LogP contribution in [0.1, 0.15) is 23.6 Å². The van der Waals surface area contributed by atoms with Gasteiger partial charge in [-0.1, -0.05) is 29.8 Å². The second kappa shape index (κ2) is 13.1. The summed E-state index contributed by atoms with van der Waals surface area (Å²) < 4.78 is 12.2. The molecule has 9 heteroatoms. The second-order valence-electron chi connectivity index (χ2n) is 8.00. The Morgan fingerprint density at radius 3 is 2.49 bits per heavy atom. The van der Waals surface area contributed by atoms with Crippen molar-refractivity contribution in [2.24, 2.45) is 0 Å². The van der Waals surface area contributed by atoms with E-state index >= 15 is 0 Å². The van der Waals surface area contributed by atoms with Crippen molar-refractivity contribution in [3.63, 3.8) is 0 Å². The van der Waals surface area contributed by atoms with Crippen molar-refractivity contribution < 1.29 is 19.1 Å². The van der Waals surface area contributed by atoms with E-state index in [1.165, 1.54) is 6.08 Å². The standard InChI is InChI=1S/C28H25ClIN3O4/c1-4-36-25-14-19(12-20(15-31)28(35)33-24-8-6-5-7-22(24)29)13-23(30)27(25)37-16-26(34)32-21-10-9-17(2)18(3)11-21/h5-14H,4,16H2,1-3H3,(H,32,34)(H,33,35)/b20-12+. The number of amides is 2. The first-order chi connectivity index (χ1) is 17.7. The highest BCUT2D eigenvalue weighted by molar-refractivity contribution is 14.1. The number of benzene rings is 3. The van der Waals surface area contributed by atoms with Gasteiger partial charge in [0, 0.05) is 5.69 Å². The number of anilines is 2. The maximum Gasteiger partial charge on any atom is 0.266 e. The van der Waals surface area contributed by atoms with Crippen LogP contribution < -0.4 is 20.1 Å². The number of nitrogens with zero attached hydrogens (tertiary/aromatic N) is 1. The van der Waals surface area contributed by atoms with Crippen molar-refractivity contribution in [3.05, 3.63) is 85.5 Å². The normalized spacial score (nSPS) is 10.9. The van der Waals surface area contributed by atoms with Gasteiger partial charge in [-0.15, -0.1) is 0 Å². The molecule has 0 bridgehead atoms. The zero-order chi connectivity index (χ0) is 26.9. The van der Waals surface area contributed by atoms with E-state index in [9.17, 15) is 14.9 Å². The van der Waals surface area contributed by atoms with E-state index in [1.807, 2.05) is 45.0 Å². The van der Waals surface area contributed by atoms with Crippen LogP contribution in [-0.2, 0) is 9.59 Å². The smallest absolute Gasteiger partial charge is 0.266 e. The zero-order valence-corrected chi connectivity index (χ0v) is 23.4. The molecular weight excluding hydrogens is 605 g/mol. The molecule has 2 N–H and O–H groups in total. The van der Waals surface area contributed by atoms with Crippen LogP contribution in [-0.4, -0.2) is 25.0 Å². The zero-order valence-electron chi connectivity index (χ0n) is 20.5. The van der Waals surface area contributed by atoms with E-state index in [1.54, 1.807) is 36.4 Å². The molecule has 2 amide bonds. The van der Waals surface area contributed by atoms with E-state index in [2.05, 4.69) is 33.2 Å². The summed E-state index contributed by atoms with van der Waals surface area (Å²) >= 11 is 8.17. The molecule has 0 fully saturated rings. The predicted octanol–water partition coefficient (Wildman–Crippen LogP) is 6.52. The minimum atomic E-state index is -0.591. The van der Waals surface area contributed by atoms with Crippen LogP contribution in [0.4, 0.5) is 11.4 Å². The predicted molar refractivity (Wildman–Crippen MR) is 154 cm³/mol. The van der Waals surface area contributed by atoms with E-state index < -0.39 is 5.91 Å². The SMILES string of the molecule is CCOc1cc(/C=C(\C#N)C(=O)Nc2ccccc2Cl)cc(I)c1OCC(=O)Nc1ccc(C)c(C)c1. The summed E-state index contributed by atoms with van der Waals surface area (Å²) in [5.74, 6) is -0.113. The second-order valence-corrected chi connectivity index (χ2v) is 9.57. The Kier molecular flexibility index (Phi) is 9.94. The maximum absolute atomic E-state index is 12.7. The van der Waals surface area contributed by atoms with Gasteiger partial charge in [-0.25, -0.2) is 0 Å². The molecule has 0 unspecified atom stereocenters. The van der Waals surface area contributed by atoms with Gasteiger partial charge in [0.15, 0.2) is 18.1 Å². The Labute approximate surface area is 234 Å². The van der Waals surface area contributed by atoms with Crippen molar-refractivity contribution in [2.45, 2.75) is 20.8 Å². The molecule has 0 radical (unpaired) electrons. The first-order valence-electron chi connectivity index (χ1n) is 11.4. The van der Waals surface area contributed by atoms with E-state index in [-0.39, 0.29) is 18.1 Å². The van der Waals surface area contributed by atoms with E-state index in [0.29, 0.717) is 43.6 Å². The quantitative estimate of drug-likeness (QED) is 0.159. The van der Waals surface area contributed by atoms with Gasteiger partial charge < -0.3 is 20.1 Å². The van der Waals surface area contributed by atoms with Gasteiger partial charge in [0.1, 0.15) is 11.6 Å². The number of rotatable bonds is 9. The number of ether oxygens (including phenoxy) is 2. The molecule has 0 aliphatic rings. The third-order valence-corrected chi connectivity index (χ3v) is 6.40. The van der Waals surface area contributed by atoms with Gasteiger partial charge in [0.25, 0.3) is 11.8 Å². The number of hydrogen-bond donors (Lipinski definition) is 2. The lowest BCUT2D eigenvalue weighted by Gasteiger charge is -2.15. The van der Waals surface area contributed by atoms with Crippen molar-refractivity contribution in [2.75, 3.05) is 23.8 Å². The van der Waals surface area contributed by atoms with Crippen molar-refractivity contribution in [3.8, 4) is 17.6 Å². The fraction of sp³-hybridized carbons (Fsp3) is 0.179. The van der Waals surface area contributed by atoms with Crippen molar-refractivity contribution in [1.29, 1.82) is 5.26 Å². The minimum Gasteiger partial charge on any atom is -0.490 e. The highest BCUT2D eigenvalue weighted by Gasteiger charge is 2.16. The Bertz CT molecular complexity index is 1400. The van der Waals surface area contributed by atoms with Gasteiger partial charge in [-0.2, -0.15) is 5.26 Å². The molecule has 0 saturated carbocycles. The topological polar surface area (TPSA) is 100 Å². The number of para-hydroxylation sites is 1. The van der Waals surface area contributed by atoms with E-state index in [0.717, 1.165) is 11.1 Å². The van der Waals surface area contributed by atoms with Gasteiger partial charge in [-0.3, -0.25) is 9.59 Å². The fourth-order valence-corrected chi connectivity index (χ4v) is 4.26. The first kappa shape index (κ1) is 28.0. The minimum absolute atomic E-state index is 0.111. The van der Waals surface area contributed by atoms with Crippen LogP contribution in [0.3, 0.4) is 0 Å². The van der Waals surface area contributed by atoms with Gasteiger partial charge in [0.2, 0.25) is 0 Å². The van der Waals surface area contributed by atoms with Crippen LogP contribution in [0, 0.1) is 28.7 Å². The summed E-state index contributed by atoms with van der Waals surface area (Å²) in [5.41, 5.74) is 3.76. The highest BCUT2D eigenvalue weighted by Crippen LogP contribution is 2.35. The number of carbonyl (C=O) groups is 2. The fourth-order valence-electron chi connectivity index (χ4n) is 3.30. The van der Waals surface area contributed by atoms with Gasteiger partial charge >= 0.3 is 0 Å². The molecule has 0 heterocycles. The average molecular weight is 630 g/mol. The van der Waals surface area contributed by atoms with Crippen molar-refractivity contribution >= 4 is 63.5 Å².